The Kier molecular flexibility index (Phi) is 5.15. The Morgan fingerprint density at radius 2 is 2.00 bits per heavy atom. The molecule has 0 aliphatic rings. The molecular formula is C16H17BrFNO. The van der Waals surface area contributed by atoms with Crippen LogP contribution in [0.1, 0.15) is 24.1 Å². The van der Waals surface area contributed by atoms with Gasteiger partial charge in [-0.05, 0) is 46.6 Å². The van der Waals surface area contributed by atoms with Crippen molar-refractivity contribution in [3.63, 3.8) is 0 Å². The van der Waals surface area contributed by atoms with Crippen LogP contribution in [-0.4, -0.2) is 7.11 Å². The number of ether oxygens (including phenoxy) is 1. The van der Waals surface area contributed by atoms with Crippen LogP contribution in [0.3, 0.4) is 0 Å². The van der Waals surface area contributed by atoms with Crippen molar-refractivity contribution in [3.8, 4) is 5.75 Å². The minimum atomic E-state index is -0.244. The first-order chi connectivity index (χ1) is 9.61. The Morgan fingerprint density at radius 3 is 2.70 bits per heavy atom. The van der Waals surface area contributed by atoms with Crippen molar-refractivity contribution >= 4 is 15.9 Å². The van der Waals surface area contributed by atoms with Gasteiger partial charge >= 0.3 is 0 Å². The van der Waals surface area contributed by atoms with E-state index in [2.05, 4.69) is 28.2 Å². The van der Waals surface area contributed by atoms with Crippen LogP contribution in [0.4, 0.5) is 4.39 Å². The zero-order valence-electron chi connectivity index (χ0n) is 11.5. The predicted molar refractivity (Wildman–Crippen MR) is 82.3 cm³/mol. The molecule has 0 amide bonds. The van der Waals surface area contributed by atoms with E-state index in [1.807, 2.05) is 24.3 Å². The molecule has 2 aromatic rings. The van der Waals surface area contributed by atoms with Crippen molar-refractivity contribution in [1.82, 2.24) is 5.32 Å². The number of benzene rings is 2. The van der Waals surface area contributed by atoms with Gasteiger partial charge in [0, 0.05) is 18.2 Å². The monoisotopic (exact) mass is 337 g/mol. The van der Waals surface area contributed by atoms with Crippen LogP contribution >= 0.6 is 15.9 Å². The Labute approximate surface area is 127 Å². The molecule has 20 heavy (non-hydrogen) atoms. The van der Waals surface area contributed by atoms with E-state index in [4.69, 9.17) is 4.74 Å². The quantitative estimate of drug-likeness (QED) is 0.870. The Morgan fingerprint density at radius 1 is 1.25 bits per heavy atom. The van der Waals surface area contributed by atoms with Gasteiger partial charge in [-0.3, -0.25) is 0 Å². The third-order valence-corrected chi connectivity index (χ3v) is 3.81. The van der Waals surface area contributed by atoms with Gasteiger partial charge in [-0.25, -0.2) is 4.39 Å². The number of nitrogens with one attached hydrogen (secondary N) is 1. The average molecular weight is 338 g/mol. The second-order valence-corrected chi connectivity index (χ2v) is 5.45. The van der Waals surface area contributed by atoms with Gasteiger partial charge in [-0.2, -0.15) is 0 Å². The maximum Gasteiger partial charge on any atom is 0.137 e. The van der Waals surface area contributed by atoms with E-state index in [-0.39, 0.29) is 11.9 Å². The molecule has 2 nitrogen and oxygen atoms in total. The minimum Gasteiger partial charge on any atom is -0.496 e. The zero-order valence-corrected chi connectivity index (χ0v) is 13.1. The van der Waals surface area contributed by atoms with Crippen LogP contribution in [0.2, 0.25) is 0 Å². The van der Waals surface area contributed by atoms with E-state index in [1.54, 1.807) is 19.2 Å². The van der Waals surface area contributed by atoms with Crippen LogP contribution in [0.25, 0.3) is 0 Å². The number of rotatable bonds is 5. The van der Waals surface area contributed by atoms with Gasteiger partial charge in [0.05, 0.1) is 11.6 Å². The maximum atomic E-state index is 13.2. The van der Waals surface area contributed by atoms with Crippen molar-refractivity contribution in [1.29, 1.82) is 0 Å². The molecule has 0 radical (unpaired) electrons. The highest BCUT2D eigenvalue weighted by atomic mass is 79.9. The second-order valence-electron chi connectivity index (χ2n) is 4.59. The van der Waals surface area contributed by atoms with Gasteiger partial charge in [0.1, 0.15) is 11.6 Å². The summed E-state index contributed by atoms with van der Waals surface area (Å²) in [4.78, 5) is 0. The molecule has 0 aliphatic heterocycles. The third kappa shape index (κ3) is 3.58. The van der Waals surface area contributed by atoms with Crippen molar-refractivity contribution < 1.29 is 9.13 Å². The summed E-state index contributed by atoms with van der Waals surface area (Å²) in [6, 6.07) is 13.1. The molecule has 0 saturated carbocycles. The van der Waals surface area contributed by atoms with Crippen molar-refractivity contribution in [2.24, 2.45) is 0 Å². The number of hydrogen-bond acceptors (Lipinski definition) is 2. The predicted octanol–water partition coefficient (Wildman–Crippen LogP) is 4.45. The van der Waals surface area contributed by atoms with E-state index in [1.165, 1.54) is 6.07 Å². The van der Waals surface area contributed by atoms with Crippen LogP contribution in [0, 0.1) is 5.82 Å². The fraction of sp³-hybridized carbons (Fsp3) is 0.250. The summed E-state index contributed by atoms with van der Waals surface area (Å²) in [6.45, 7) is 2.74. The minimum absolute atomic E-state index is 0.148. The number of methoxy groups -OCH3 is 1. The van der Waals surface area contributed by atoms with Gasteiger partial charge in [-0.1, -0.05) is 24.3 Å². The van der Waals surface area contributed by atoms with Crippen LogP contribution in [0.5, 0.6) is 5.75 Å². The highest BCUT2D eigenvalue weighted by Gasteiger charge is 2.10. The molecule has 2 aromatic carbocycles. The topological polar surface area (TPSA) is 21.3 Å². The third-order valence-electron chi connectivity index (χ3n) is 3.20. The first-order valence-corrected chi connectivity index (χ1v) is 7.21. The maximum absolute atomic E-state index is 13.2. The number of halogens is 2. The Balaban J connectivity index is 2.04. The van der Waals surface area contributed by atoms with Gasteiger partial charge in [-0.15, -0.1) is 0 Å². The van der Waals surface area contributed by atoms with Crippen molar-refractivity contribution in [2.75, 3.05) is 7.11 Å². The van der Waals surface area contributed by atoms with Gasteiger partial charge in [0.25, 0.3) is 0 Å². The van der Waals surface area contributed by atoms with E-state index < -0.39 is 0 Å². The molecule has 1 atom stereocenters. The van der Waals surface area contributed by atoms with E-state index in [9.17, 15) is 4.39 Å². The summed E-state index contributed by atoms with van der Waals surface area (Å²) in [7, 11) is 1.67. The molecule has 4 heteroatoms. The second kappa shape index (κ2) is 6.86. The molecule has 0 spiro atoms. The van der Waals surface area contributed by atoms with Crippen molar-refractivity contribution in [3.05, 3.63) is 63.9 Å². The molecule has 0 aliphatic carbocycles. The van der Waals surface area contributed by atoms with Crippen LogP contribution < -0.4 is 10.1 Å². The number of hydrogen-bond donors (Lipinski definition) is 1. The van der Waals surface area contributed by atoms with Gasteiger partial charge in [0.2, 0.25) is 0 Å². The van der Waals surface area contributed by atoms with Crippen LogP contribution in [0.15, 0.2) is 46.9 Å². The lowest BCUT2D eigenvalue weighted by atomic mass is 10.1. The molecule has 0 saturated heterocycles. The first kappa shape index (κ1) is 15.0. The highest BCUT2D eigenvalue weighted by Crippen LogP contribution is 2.25. The Hall–Kier alpha value is -1.39. The Bertz CT molecular complexity index is 588. The van der Waals surface area contributed by atoms with E-state index in [0.717, 1.165) is 16.9 Å². The summed E-state index contributed by atoms with van der Waals surface area (Å²) >= 11 is 3.20. The van der Waals surface area contributed by atoms with Gasteiger partial charge < -0.3 is 10.1 Å². The summed E-state index contributed by atoms with van der Waals surface area (Å²) in [5.41, 5.74) is 2.14. The molecule has 0 heterocycles. The lowest BCUT2D eigenvalue weighted by molar-refractivity contribution is 0.401. The summed E-state index contributed by atoms with van der Waals surface area (Å²) in [6.07, 6.45) is 0. The first-order valence-electron chi connectivity index (χ1n) is 6.42. The number of para-hydroxylation sites is 1. The standard InChI is InChI=1S/C16H17BrFNO/c1-11(13-5-3-4-6-16(13)20-2)19-10-12-7-8-15(18)14(17)9-12/h3-9,11,19H,10H2,1-2H3/t11-/m1/s1. The van der Waals surface area contributed by atoms with E-state index >= 15 is 0 Å². The van der Waals surface area contributed by atoms with Crippen LogP contribution in [-0.2, 0) is 6.54 Å². The molecule has 106 valence electrons. The lowest BCUT2D eigenvalue weighted by Gasteiger charge is -2.17. The highest BCUT2D eigenvalue weighted by molar-refractivity contribution is 9.10. The molecule has 0 fully saturated rings. The smallest absolute Gasteiger partial charge is 0.137 e. The van der Waals surface area contributed by atoms with Crippen molar-refractivity contribution in [2.45, 2.75) is 19.5 Å². The molecule has 2 rings (SSSR count). The summed E-state index contributed by atoms with van der Waals surface area (Å²) in [5, 5.41) is 3.41. The molecule has 0 aromatic heterocycles. The lowest BCUT2D eigenvalue weighted by Crippen LogP contribution is -2.18. The summed E-state index contributed by atoms with van der Waals surface area (Å²) in [5.74, 6) is 0.624. The normalized spacial score (nSPS) is 12.2. The fourth-order valence-electron chi connectivity index (χ4n) is 2.05. The molecule has 0 unspecified atom stereocenters. The largest absolute Gasteiger partial charge is 0.496 e. The molecule has 0 bridgehead atoms. The summed E-state index contributed by atoms with van der Waals surface area (Å²) < 4.78 is 19.0. The molecular weight excluding hydrogens is 321 g/mol. The molecule has 1 N–H and O–H groups in total. The van der Waals surface area contributed by atoms with E-state index in [0.29, 0.717) is 11.0 Å². The average Bonchev–Trinajstić information content (AvgIpc) is 2.48. The fourth-order valence-corrected chi connectivity index (χ4v) is 2.48. The SMILES string of the molecule is COc1ccccc1[C@@H](C)NCc1ccc(F)c(Br)c1. The zero-order chi connectivity index (χ0) is 14.5. The van der Waals surface area contributed by atoms with Gasteiger partial charge in [0.15, 0.2) is 0 Å².